The molecule has 30 heavy (non-hydrogen) atoms. The predicted molar refractivity (Wildman–Crippen MR) is 110 cm³/mol. The van der Waals surface area contributed by atoms with Crippen molar-refractivity contribution in [2.75, 3.05) is 20.4 Å². The number of piperazine rings is 1. The molecule has 2 aromatic rings. The number of hydrogen-bond donors (Lipinski definition) is 0. The summed E-state index contributed by atoms with van der Waals surface area (Å²) in [6, 6.07) is 13.7. The molecule has 3 aliphatic heterocycles. The van der Waals surface area contributed by atoms with Crippen LogP contribution in [0.25, 0.3) is 5.57 Å². The SMILES string of the molecule is CN1CC(=O)N2[C@H](CC3=C(Cc4ccccc43)[C@]2(C)c2ccc3c(c2)OCO3)C1=O. The van der Waals surface area contributed by atoms with Crippen molar-refractivity contribution in [3.05, 3.63) is 64.7 Å². The van der Waals surface area contributed by atoms with E-state index < -0.39 is 11.6 Å². The fraction of sp³-hybridized carbons (Fsp3) is 0.333. The summed E-state index contributed by atoms with van der Waals surface area (Å²) in [6.45, 7) is 2.38. The molecule has 6 rings (SSSR count). The van der Waals surface area contributed by atoms with Gasteiger partial charge in [0.1, 0.15) is 6.04 Å². The number of hydrogen-bond acceptors (Lipinski definition) is 4. The number of benzene rings is 2. The van der Waals surface area contributed by atoms with Gasteiger partial charge in [0.15, 0.2) is 11.5 Å². The molecule has 152 valence electrons. The minimum atomic E-state index is -0.730. The van der Waals surface area contributed by atoms with Crippen molar-refractivity contribution in [3.8, 4) is 11.5 Å². The Bertz CT molecular complexity index is 1150. The number of amides is 2. The van der Waals surface area contributed by atoms with Gasteiger partial charge in [-0.15, -0.1) is 0 Å². The summed E-state index contributed by atoms with van der Waals surface area (Å²) < 4.78 is 11.1. The molecule has 2 aromatic carbocycles. The smallest absolute Gasteiger partial charge is 0.245 e. The molecule has 3 heterocycles. The van der Waals surface area contributed by atoms with Crippen LogP contribution in [0.4, 0.5) is 0 Å². The Morgan fingerprint density at radius 1 is 1.07 bits per heavy atom. The zero-order chi connectivity index (χ0) is 20.6. The van der Waals surface area contributed by atoms with Gasteiger partial charge in [0, 0.05) is 13.5 Å². The molecule has 1 aliphatic carbocycles. The van der Waals surface area contributed by atoms with Gasteiger partial charge in [0.25, 0.3) is 0 Å². The van der Waals surface area contributed by atoms with E-state index in [2.05, 4.69) is 19.1 Å². The lowest BCUT2D eigenvalue weighted by Gasteiger charge is -2.53. The van der Waals surface area contributed by atoms with E-state index in [-0.39, 0.29) is 25.2 Å². The van der Waals surface area contributed by atoms with Crippen LogP contribution in [0.3, 0.4) is 0 Å². The highest BCUT2D eigenvalue weighted by atomic mass is 16.7. The van der Waals surface area contributed by atoms with Gasteiger partial charge >= 0.3 is 0 Å². The number of likely N-dealkylation sites (N-methyl/N-ethyl adjacent to an activating group) is 1. The van der Waals surface area contributed by atoms with Crippen LogP contribution in [0.1, 0.15) is 30.0 Å². The van der Waals surface area contributed by atoms with Gasteiger partial charge in [-0.3, -0.25) is 9.59 Å². The first-order chi connectivity index (χ1) is 14.5. The van der Waals surface area contributed by atoms with E-state index in [0.717, 1.165) is 12.0 Å². The Labute approximate surface area is 174 Å². The summed E-state index contributed by atoms with van der Waals surface area (Å²) in [4.78, 5) is 29.9. The molecular weight excluding hydrogens is 380 g/mol. The lowest BCUT2D eigenvalue weighted by Crippen LogP contribution is -2.66. The molecule has 2 atom stereocenters. The van der Waals surface area contributed by atoms with Crippen molar-refractivity contribution < 1.29 is 19.1 Å². The van der Waals surface area contributed by atoms with Crippen LogP contribution in [0.15, 0.2) is 48.0 Å². The lowest BCUT2D eigenvalue weighted by atomic mass is 9.73. The zero-order valence-corrected chi connectivity index (χ0v) is 17.0. The monoisotopic (exact) mass is 402 g/mol. The number of ether oxygens (including phenoxy) is 2. The second kappa shape index (κ2) is 5.88. The van der Waals surface area contributed by atoms with Gasteiger partial charge in [0.2, 0.25) is 18.6 Å². The van der Waals surface area contributed by atoms with Crippen molar-refractivity contribution in [2.45, 2.75) is 31.3 Å². The Hall–Kier alpha value is -3.28. The molecule has 4 aliphatic rings. The maximum Gasteiger partial charge on any atom is 0.245 e. The largest absolute Gasteiger partial charge is 0.454 e. The molecule has 1 fully saturated rings. The summed E-state index contributed by atoms with van der Waals surface area (Å²) in [5.41, 5.74) is 5.07. The Morgan fingerprint density at radius 3 is 2.73 bits per heavy atom. The first-order valence-corrected chi connectivity index (χ1v) is 10.3. The Balaban J connectivity index is 1.59. The minimum Gasteiger partial charge on any atom is -0.454 e. The molecule has 0 radical (unpaired) electrons. The third-order valence-corrected chi connectivity index (χ3v) is 7.09. The summed E-state index contributed by atoms with van der Waals surface area (Å²) in [5, 5.41) is 0. The molecule has 0 saturated carbocycles. The van der Waals surface area contributed by atoms with Crippen molar-refractivity contribution >= 4 is 17.4 Å². The standard InChI is InChI=1S/C24H22N2O4/c1-24(15-7-8-20-21(10-15)30-13-29-20)18-9-14-5-3-4-6-16(14)17(18)11-19-23(28)25(2)12-22(27)26(19)24/h3-8,10,19H,9,11-13H2,1-2H3/t19-,24+/m1/s1. The average Bonchev–Trinajstić information content (AvgIpc) is 3.36. The zero-order valence-electron chi connectivity index (χ0n) is 17.0. The van der Waals surface area contributed by atoms with Gasteiger partial charge in [-0.05, 0) is 53.3 Å². The summed E-state index contributed by atoms with van der Waals surface area (Å²) in [7, 11) is 1.71. The number of nitrogens with zero attached hydrogens (tertiary/aromatic N) is 2. The number of fused-ring (bicyclic) bond motifs is 4. The minimum absolute atomic E-state index is 0.00232. The fourth-order valence-corrected chi connectivity index (χ4v) is 5.61. The van der Waals surface area contributed by atoms with Crippen molar-refractivity contribution in [1.82, 2.24) is 9.80 Å². The molecule has 0 N–H and O–H groups in total. The maximum absolute atomic E-state index is 13.3. The lowest BCUT2D eigenvalue weighted by molar-refractivity contribution is -0.160. The van der Waals surface area contributed by atoms with E-state index in [1.165, 1.54) is 22.3 Å². The highest BCUT2D eigenvalue weighted by Crippen LogP contribution is 2.53. The molecule has 6 heteroatoms. The number of carbonyl (C=O) groups is 2. The number of carbonyl (C=O) groups excluding carboxylic acids is 2. The molecular formula is C24H22N2O4. The summed E-state index contributed by atoms with van der Waals surface area (Å²) in [5.74, 6) is 1.36. The second-order valence-corrected chi connectivity index (χ2v) is 8.61. The first kappa shape index (κ1) is 17.6. The van der Waals surface area contributed by atoms with Crippen LogP contribution < -0.4 is 9.47 Å². The van der Waals surface area contributed by atoms with Crippen LogP contribution >= 0.6 is 0 Å². The van der Waals surface area contributed by atoms with E-state index in [9.17, 15) is 9.59 Å². The normalized spacial score (nSPS) is 26.7. The number of rotatable bonds is 1. The third-order valence-electron chi connectivity index (χ3n) is 7.09. The molecule has 1 saturated heterocycles. The van der Waals surface area contributed by atoms with Crippen molar-refractivity contribution in [1.29, 1.82) is 0 Å². The molecule has 0 bridgehead atoms. The van der Waals surface area contributed by atoms with Crippen LogP contribution in [-0.2, 0) is 21.5 Å². The maximum atomic E-state index is 13.3. The van der Waals surface area contributed by atoms with E-state index in [4.69, 9.17) is 9.47 Å². The fourth-order valence-electron chi connectivity index (χ4n) is 5.61. The van der Waals surface area contributed by atoms with Gasteiger partial charge in [-0.2, -0.15) is 0 Å². The quantitative estimate of drug-likeness (QED) is 0.736. The molecule has 0 spiro atoms. The van der Waals surface area contributed by atoms with Gasteiger partial charge < -0.3 is 19.3 Å². The van der Waals surface area contributed by atoms with E-state index in [0.29, 0.717) is 17.9 Å². The molecule has 0 unspecified atom stereocenters. The van der Waals surface area contributed by atoms with E-state index in [1.807, 2.05) is 35.2 Å². The van der Waals surface area contributed by atoms with Crippen LogP contribution in [0.2, 0.25) is 0 Å². The summed E-state index contributed by atoms with van der Waals surface area (Å²) in [6.07, 6.45) is 1.33. The van der Waals surface area contributed by atoms with Crippen LogP contribution in [0.5, 0.6) is 11.5 Å². The topological polar surface area (TPSA) is 59.1 Å². The Kier molecular flexibility index (Phi) is 3.44. The van der Waals surface area contributed by atoms with Crippen LogP contribution in [0, 0.1) is 0 Å². The van der Waals surface area contributed by atoms with E-state index >= 15 is 0 Å². The second-order valence-electron chi connectivity index (χ2n) is 8.61. The Morgan fingerprint density at radius 2 is 1.87 bits per heavy atom. The van der Waals surface area contributed by atoms with E-state index in [1.54, 1.807) is 11.9 Å². The van der Waals surface area contributed by atoms with Crippen molar-refractivity contribution in [3.63, 3.8) is 0 Å². The van der Waals surface area contributed by atoms with Crippen LogP contribution in [-0.4, -0.2) is 48.0 Å². The molecule has 2 amide bonds. The summed E-state index contributed by atoms with van der Waals surface area (Å²) >= 11 is 0. The third kappa shape index (κ3) is 2.13. The first-order valence-electron chi connectivity index (χ1n) is 10.3. The molecule has 6 nitrogen and oxygen atoms in total. The average molecular weight is 402 g/mol. The highest BCUT2D eigenvalue weighted by molar-refractivity contribution is 5.99. The molecule has 0 aromatic heterocycles. The van der Waals surface area contributed by atoms with Gasteiger partial charge in [-0.25, -0.2) is 0 Å². The van der Waals surface area contributed by atoms with Gasteiger partial charge in [-0.1, -0.05) is 30.3 Å². The van der Waals surface area contributed by atoms with Crippen molar-refractivity contribution in [2.24, 2.45) is 0 Å². The highest BCUT2D eigenvalue weighted by Gasteiger charge is 2.55. The van der Waals surface area contributed by atoms with Gasteiger partial charge in [0.05, 0.1) is 12.1 Å². The predicted octanol–water partition coefficient (Wildman–Crippen LogP) is 2.71.